The fourth-order valence-electron chi connectivity index (χ4n) is 3.08. The predicted molar refractivity (Wildman–Crippen MR) is 129 cm³/mol. The molecule has 0 aliphatic carbocycles. The van der Waals surface area contributed by atoms with Crippen LogP contribution < -0.4 is 10.2 Å². The van der Waals surface area contributed by atoms with E-state index < -0.39 is 20.3 Å². The molecule has 2 amide bonds. The SMILES string of the molecule is CCOC(=O)C(C)N1CCN(c2ccc(NCCO[Si](C)(C)C(C)(C)C)cc2Cl)C1=O. The van der Waals surface area contributed by atoms with Crippen molar-refractivity contribution in [3.8, 4) is 0 Å². The molecule has 1 N–H and O–H groups in total. The normalized spacial score (nSPS) is 15.9. The van der Waals surface area contributed by atoms with E-state index in [2.05, 4.69) is 39.2 Å². The van der Waals surface area contributed by atoms with Gasteiger partial charge in [0.05, 0.1) is 23.9 Å². The summed E-state index contributed by atoms with van der Waals surface area (Å²) in [5, 5.41) is 3.99. The second-order valence-electron chi connectivity index (χ2n) is 9.26. The number of ether oxygens (including phenoxy) is 1. The molecule has 9 heteroatoms. The van der Waals surface area contributed by atoms with Crippen molar-refractivity contribution in [2.24, 2.45) is 0 Å². The van der Waals surface area contributed by atoms with Crippen molar-refractivity contribution in [2.75, 3.05) is 43.1 Å². The third-order valence-electron chi connectivity index (χ3n) is 6.08. The zero-order valence-corrected chi connectivity index (χ0v) is 21.5. The second-order valence-corrected chi connectivity index (χ2v) is 14.5. The molecule has 7 nitrogen and oxygen atoms in total. The Balaban J connectivity index is 1.96. The van der Waals surface area contributed by atoms with E-state index >= 15 is 0 Å². The molecule has 1 saturated heterocycles. The summed E-state index contributed by atoms with van der Waals surface area (Å²) in [5.41, 5.74) is 1.50. The first-order valence-corrected chi connectivity index (χ1v) is 14.1. The van der Waals surface area contributed by atoms with Crippen LogP contribution >= 0.6 is 11.6 Å². The molecule has 31 heavy (non-hydrogen) atoms. The van der Waals surface area contributed by atoms with Crippen molar-refractivity contribution in [3.63, 3.8) is 0 Å². The topological polar surface area (TPSA) is 71.1 Å². The molecule has 0 spiro atoms. The number of rotatable bonds is 9. The van der Waals surface area contributed by atoms with Gasteiger partial charge in [-0.25, -0.2) is 9.59 Å². The number of amides is 2. The number of carbonyl (C=O) groups is 2. The summed E-state index contributed by atoms with van der Waals surface area (Å²) >= 11 is 6.49. The van der Waals surface area contributed by atoms with E-state index in [-0.39, 0.29) is 17.7 Å². The summed E-state index contributed by atoms with van der Waals surface area (Å²) in [6.07, 6.45) is 0. The fourth-order valence-corrected chi connectivity index (χ4v) is 4.41. The number of hydrogen-bond donors (Lipinski definition) is 1. The van der Waals surface area contributed by atoms with Crippen LogP contribution in [0.15, 0.2) is 18.2 Å². The lowest BCUT2D eigenvalue weighted by molar-refractivity contribution is -0.147. The highest BCUT2D eigenvalue weighted by Crippen LogP contribution is 2.36. The Hall–Kier alpha value is -1.77. The highest BCUT2D eigenvalue weighted by Gasteiger charge is 2.37. The lowest BCUT2D eigenvalue weighted by Gasteiger charge is -2.36. The molecule has 1 aliphatic rings. The largest absolute Gasteiger partial charge is 0.464 e. The van der Waals surface area contributed by atoms with Crippen molar-refractivity contribution < 1.29 is 18.8 Å². The Morgan fingerprint density at radius 2 is 1.97 bits per heavy atom. The van der Waals surface area contributed by atoms with Gasteiger partial charge < -0.3 is 19.4 Å². The first kappa shape index (κ1) is 25.5. The molecule has 1 unspecified atom stereocenters. The minimum absolute atomic E-state index is 0.179. The van der Waals surface area contributed by atoms with Gasteiger partial charge in [-0.15, -0.1) is 0 Å². The summed E-state index contributed by atoms with van der Waals surface area (Å²) in [7, 11) is -1.77. The number of halogens is 1. The number of urea groups is 1. The average Bonchev–Trinajstić information content (AvgIpc) is 3.05. The molecular weight excluding hydrogens is 434 g/mol. The van der Waals surface area contributed by atoms with Gasteiger partial charge in [-0.05, 0) is 50.2 Å². The molecular formula is C22H36ClN3O4Si. The van der Waals surface area contributed by atoms with Crippen LogP contribution in [-0.2, 0) is 14.0 Å². The van der Waals surface area contributed by atoms with Crippen molar-refractivity contribution >= 4 is 43.3 Å². The maximum Gasteiger partial charge on any atom is 0.328 e. The van der Waals surface area contributed by atoms with Crippen molar-refractivity contribution in [1.29, 1.82) is 0 Å². The van der Waals surface area contributed by atoms with Crippen LogP contribution in [0.4, 0.5) is 16.2 Å². The maximum atomic E-state index is 12.8. The number of nitrogens with zero attached hydrogens (tertiary/aromatic N) is 2. The molecule has 2 rings (SSSR count). The van der Waals surface area contributed by atoms with E-state index in [1.54, 1.807) is 18.7 Å². The molecule has 1 aromatic rings. The summed E-state index contributed by atoms with van der Waals surface area (Å²) in [5.74, 6) is -0.400. The number of carbonyl (C=O) groups excluding carboxylic acids is 2. The molecule has 174 valence electrons. The van der Waals surface area contributed by atoms with Crippen LogP contribution in [0.5, 0.6) is 0 Å². The minimum Gasteiger partial charge on any atom is -0.464 e. The van der Waals surface area contributed by atoms with Gasteiger partial charge in [0.1, 0.15) is 6.04 Å². The van der Waals surface area contributed by atoms with Gasteiger partial charge in [-0.1, -0.05) is 32.4 Å². The van der Waals surface area contributed by atoms with E-state index in [0.717, 1.165) is 5.69 Å². The third-order valence-corrected chi connectivity index (χ3v) is 10.9. The van der Waals surface area contributed by atoms with E-state index in [0.29, 0.717) is 37.0 Å². The number of hydrogen-bond acceptors (Lipinski definition) is 5. The maximum absolute atomic E-state index is 12.8. The van der Waals surface area contributed by atoms with Crippen LogP contribution in [0.2, 0.25) is 23.2 Å². The van der Waals surface area contributed by atoms with Crippen molar-refractivity contribution in [1.82, 2.24) is 4.90 Å². The number of nitrogens with one attached hydrogen (secondary N) is 1. The van der Waals surface area contributed by atoms with E-state index in [1.165, 1.54) is 4.90 Å². The molecule has 1 aromatic carbocycles. The molecule has 0 saturated carbocycles. The Morgan fingerprint density at radius 1 is 1.29 bits per heavy atom. The minimum atomic E-state index is -1.77. The smallest absolute Gasteiger partial charge is 0.328 e. The van der Waals surface area contributed by atoms with Gasteiger partial charge >= 0.3 is 12.0 Å². The van der Waals surface area contributed by atoms with Crippen LogP contribution in [0, 0.1) is 0 Å². The highest BCUT2D eigenvalue weighted by atomic mass is 35.5. The highest BCUT2D eigenvalue weighted by molar-refractivity contribution is 6.74. The fraction of sp³-hybridized carbons (Fsp3) is 0.636. The first-order valence-electron chi connectivity index (χ1n) is 10.8. The summed E-state index contributed by atoms with van der Waals surface area (Å²) in [6, 6.07) is 4.67. The van der Waals surface area contributed by atoms with Gasteiger partial charge in [0, 0.05) is 25.3 Å². The van der Waals surface area contributed by atoms with E-state index in [9.17, 15) is 9.59 Å². The second kappa shape index (κ2) is 10.2. The number of anilines is 2. The number of esters is 1. The molecule has 1 fully saturated rings. The van der Waals surface area contributed by atoms with Crippen LogP contribution in [0.3, 0.4) is 0 Å². The average molecular weight is 470 g/mol. The third kappa shape index (κ3) is 6.14. The van der Waals surface area contributed by atoms with Crippen molar-refractivity contribution in [3.05, 3.63) is 23.2 Å². The standard InChI is InChI=1S/C22H36ClN3O4Si/c1-8-29-20(27)16(2)25-12-13-26(21(25)28)19-10-9-17(15-18(19)23)24-11-14-30-31(6,7)22(3,4)5/h9-10,15-16,24H,8,11-14H2,1-7H3. The zero-order chi connectivity index (χ0) is 23.4. The first-order chi connectivity index (χ1) is 14.4. The van der Waals surface area contributed by atoms with Gasteiger partial charge in [-0.3, -0.25) is 4.90 Å². The van der Waals surface area contributed by atoms with Gasteiger partial charge in [0.25, 0.3) is 0 Å². The predicted octanol–water partition coefficient (Wildman–Crippen LogP) is 4.97. The number of benzene rings is 1. The Labute approximate surface area is 192 Å². The van der Waals surface area contributed by atoms with Gasteiger partial charge in [0.15, 0.2) is 8.32 Å². The summed E-state index contributed by atoms with van der Waals surface area (Å²) in [4.78, 5) is 27.9. The lowest BCUT2D eigenvalue weighted by atomic mass is 10.2. The molecule has 1 heterocycles. The monoisotopic (exact) mass is 469 g/mol. The molecule has 0 bridgehead atoms. The molecule has 0 aromatic heterocycles. The van der Waals surface area contributed by atoms with Crippen LogP contribution in [0.1, 0.15) is 34.6 Å². The van der Waals surface area contributed by atoms with Crippen LogP contribution in [0.25, 0.3) is 0 Å². The quantitative estimate of drug-likeness (QED) is 0.314. The van der Waals surface area contributed by atoms with E-state index in [1.807, 2.05) is 18.2 Å². The Morgan fingerprint density at radius 3 is 2.55 bits per heavy atom. The van der Waals surface area contributed by atoms with Crippen molar-refractivity contribution in [2.45, 2.75) is 58.8 Å². The van der Waals surface area contributed by atoms with Gasteiger partial charge in [0.2, 0.25) is 0 Å². The van der Waals surface area contributed by atoms with Gasteiger partial charge in [-0.2, -0.15) is 0 Å². The molecule has 0 radical (unpaired) electrons. The van der Waals surface area contributed by atoms with E-state index in [4.69, 9.17) is 20.8 Å². The summed E-state index contributed by atoms with van der Waals surface area (Å²) < 4.78 is 11.2. The Bertz CT molecular complexity index is 797. The molecule has 1 atom stereocenters. The summed E-state index contributed by atoms with van der Waals surface area (Å²) in [6.45, 7) is 17.1. The Kier molecular flexibility index (Phi) is 8.41. The lowest BCUT2D eigenvalue weighted by Crippen LogP contribution is -2.43. The zero-order valence-electron chi connectivity index (χ0n) is 19.8. The molecule has 1 aliphatic heterocycles. The van der Waals surface area contributed by atoms with Crippen LogP contribution in [-0.4, -0.2) is 64.1 Å².